The number of nitrogens with one attached hydrogen (secondary N) is 2. The van der Waals surface area contributed by atoms with Crippen LogP contribution in [0.5, 0.6) is 0 Å². The lowest BCUT2D eigenvalue weighted by Gasteiger charge is -2.10. The zero-order chi connectivity index (χ0) is 14.7. The minimum Gasteiger partial charge on any atom is -0.323 e. The number of amides is 1. The Bertz CT molecular complexity index is 658. The van der Waals surface area contributed by atoms with Gasteiger partial charge in [0.05, 0.1) is 11.3 Å². The number of nitrogen functional groups attached to an aromatic ring is 1. The summed E-state index contributed by atoms with van der Waals surface area (Å²) in [5.41, 5.74) is 5.73. The van der Waals surface area contributed by atoms with E-state index in [9.17, 15) is 4.79 Å². The van der Waals surface area contributed by atoms with Crippen molar-refractivity contribution in [1.29, 1.82) is 0 Å². The van der Waals surface area contributed by atoms with Gasteiger partial charge in [-0.3, -0.25) is 15.6 Å². The number of anilines is 2. The summed E-state index contributed by atoms with van der Waals surface area (Å²) < 4.78 is 0. The first-order valence-electron chi connectivity index (χ1n) is 6.02. The van der Waals surface area contributed by atoms with E-state index >= 15 is 0 Å². The van der Waals surface area contributed by atoms with Crippen molar-refractivity contribution in [2.75, 3.05) is 10.7 Å². The lowest BCUT2D eigenvalue weighted by molar-refractivity contribution is 0.102. The van der Waals surface area contributed by atoms with Gasteiger partial charge >= 0.3 is 0 Å². The van der Waals surface area contributed by atoms with Crippen molar-refractivity contribution in [2.24, 2.45) is 5.84 Å². The van der Waals surface area contributed by atoms with Gasteiger partial charge < -0.3 is 10.7 Å². The number of benzene rings is 1. The molecule has 0 fully saturated rings. The third-order valence-corrected chi connectivity index (χ3v) is 3.28. The number of hydrazine groups is 1. The summed E-state index contributed by atoms with van der Waals surface area (Å²) in [5.74, 6) is 5.12. The molecule has 20 heavy (non-hydrogen) atoms. The molecule has 2 rings (SSSR count). The number of hydrogen-bond acceptors (Lipinski definition) is 4. The fraction of sp³-hybridized carbons (Fsp3) is 0.143. The van der Waals surface area contributed by atoms with Gasteiger partial charge in [0.15, 0.2) is 0 Å². The van der Waals surface area contributed by atoms with Gasteiger partial charge in [-0.05, 0) is 37.6 Å². The van der Waals surface area contributed by atoms with Crippen LogP contribution in [-0.4, -0.2) is 10.9 Å². The van der Waals surface area contributed by atoms with E-state index in [0.29, 0.717) is 22.0 Å². The maximum Gasteiger partial charge on any atom is 0.259 e. The Labute approximate surface area is 122 Å². The largest absolute Gasteiger partial charge is 0.323 e. The molecule has 0 spiro atoms. The summed E-state index contributed by atoms with van der Waals surface area (Å²) in [6, 6.07) is 7.03. The monoisotopic (exact) mass is 290 g/mol. The van der Waals surface area contributed by atoms with Crippen molar-refractivity contribution in [1.82, 2.24) is 4.98 Å². The van der Waals surface area contributed by atoms with Crippen LogP contribution in [0.1, 0.15) is 21.6 Å². The molecule has 0 saturated heterocycles. The highest BCUT2D eigenvalue weighted by molar-refractivity contribution is 6.31. The van der Waals surface area contributed by atoms with E-state index in [1.807, 2.05) is 19.9 Å². The van der Waals surface area contributed by atoms with Crippen molar-refractivity contribution >= 4 is 28.9 Å². The molecule has 6 heteroatoms. The second-order valence-electron chi connectivity index (χ2n) is 4.43. The molecule has 0 bridgehead atoms. The molecule has 1 amide bonds. The predicted octanol–water partition coefficient (Wildman–Crippen LogP) is 2.89. The molecule has 0 unspecified atom stereocenters. The highest BCUT2D eigenvalue weighted by Gasteiger charge is 2.12. The van der Waals surface area contributed by atoms with E-state index in [4.69, 9.17) is 17.4 Å². The Kier molecular flexibility index (Phi) is 4.22. The highest BCUT2D eigenvalue weighted by atomic mass is 35.5. The molecule has 0 aliphatic rings. The number of rotatable bonds is 3. The Morgan fingerprint density at radius 1 is 1.30 bits per heavy atom. The third kappa shape index (κ3) is 3.07. The van der Waals surface area contributed by atoms with Crippen LogP contribution < -0.4 is 16.6 Å². The van der Waals surface area contributed by atoms with E-state index in [2.05, 4.69) is 15.7 Å². The molecule has 0 radical (unpaired) electrons. The van der Waals surface area contributed by atoms with E-state index in [1.165, 1.54) is 6.20 Å². The molecular formula is C14H15ClN4O. The van der Waals surface area contributed by atoms with E-state index in [1.54, 1.807) is 18.2 Å². The fourth-order valence-corrected chi connectivity index (χ4v) is 1.91. The van der Waals surface area contributed by atoms with Gasteiger partial charge in [0.2, 0.25) is 0 Å². The maximum atomic E-state index is 12.2. The zero-order valence-corrected chi connectivity index (χ0v) is 12.0. The number of carbonyl (C=O) groups excluding carboxylic acids is 1. The Hall–Kier alpha value is -2.11. The summed E-state index contributed by atoms with van der Waals surface area (Å²) in [7, 11) is 0. The second kappa shape index (κ2) is 5.90. The summed E-state index contributed by atoms with van der Waals surface area (Å²) >= 11 is 6.03. The number of nitrogens with two attached hydrogens (primary N) is 1. The molecule has 0 aliphatic carbocycles. The molecule has 4 N–H and O–H groups in total. The normalized spacial score (nSPS) is 10.2. The summed E-state index contributed by atoms with van der Waals surface area (Å²) in [5, 5.41) is 3.36. The molecule has 0 saturated carbocycles. The number of nitrogens with zero attached hydrogens (tertiary/aromatic N) is 1. The summed E-state index contributed by atoms with van der Waals surface area (Å²) in [6.45, 7) is 3.72. The van der Waals surface area contributed by atoms with Crippen LogP contribution in [0, 0.1) is 13.8 Å². The molecule has 104 valence electrons. The first-order chi connectivity index (χ1) is 9.51. The van der Waals surface area contributed by atoms with Crippen LogP contribution in [0.3, 0.4) is 0 Å². The molecule has 5 nitrogen and oxygen atoms in total. The van der Waals surface area contributed by atoms with Crippen LogP contribution in [0.25, 0.3) is 0 Å². The number of halogens is 1. The van der Waals surface area contributed by atoms with Crippen LogP contribution in [-0.2, 0) is 0 Å². The Balaban J connectivity index is 2.25. The fourth-order valence-electron chi connectivity index (χ4n) is 1.73. The van der Waals surface area contributed by atoms with Gasteiger partial charge in [0.25, 0.3) is 5.91 Å². The van der Waals surface area contributed by atoms with Crippen molar-refractivity contribution in [2.45, 2.75) is 13.8 Å². The summed E-state index contributed by atoms with van der Waals surface area (Å²) in [6.07, 6.45) is 1.48. The first kappa shape index (κ1) is 14.3. The zero-order valence-electron chi connectivity index (χ0n) is 11.2. The summed E-state index contributed by atoms with van der Waals surface area (Å²) in [4.78, 5) is 16.3. The smallest absolute Gasteiger partial charge is 0.259 e. The van der Waals surface area contributed by atoms with Crippen LogP contribution in [0.2, 0.25) is 5.02 Å². The quantitative estimate of drug-likeness (QED) is 0.600. The Morgan fingerprint density at radius 2 is 2.05 bits per heavy atom. The topological polar surface area (TPSA) is 80.0 Å². The highest BCUT2D eigenvalue weighted by Crippen LogP contribution is 2.21. The van der Waals surface area contributed by atoms with Crippen molar-refractivity contribution in [3.8, 4) is 0 Å². The average molecular weight is 291 g/mol. The SMILES string of the molecule is Cc1cc(NN)c(C(=O)Nc2ccc(C)c(Cl)c2)cn1. The average Bonchev–Trinajstić information content (AvgIpc) is 2.42. The van der Waals surface area contributed by atoms with Crippen LogP contribution in [0.15, 0.2) is 30.5 Å². The Morgan fingerprint density at radius 3 is 2.70 bits per heavy atom. The van der Waals surface area contributed by atoms with Crippen LogP contribution in [0.4, 0.5) is 11.4 Å². The van der Waals surface area contributed by atoms with Gasteiger partial charge in [-0.25, -0.2) is 0 Å². The minimum atomic E-state index is -0.301. The minimum absolute atomic E-state index is 0.301. The van der Waals surface area contributed by atoms with Gasteiger partial charge in [-0.2, -0.15) is 0 Å². The first-order valence-corrected chi connectivity index (χ1v) is 6.40. The molecule has 0 atom stereocenters. The van der Waals surface area contributed by atoms with E-state index in [-0.39, 0.29) is 5.91 Å². The molecular weight excluding hydrogens is 276 g/mol. The molecule has 1 heterocycles. The predicted molar refractivity (Wildman–Crippen MR) is 80.9 cm³/mol. The van der Waals surface area contributed by atoms with Crippen molar-refractivity contribution in [3.63, 3.8) is 0 Å². The van der Waals surface area contributed by atoms with E-state index in [0.717, 1.165) is 11.3 Å². The molecule has 1 aromatic carbocycles. The lowest BCUT2D eigenvalue weighted by atomic mass is 10.2. The second-order valence-corrected chi connectivity index (χ2v) is 4.84. The molecule has 0 aliphatic heterocycles. The number of carbonyl (C=O) groups is 1. The number of aromatic nitrogens is 1. The van der Waals surface area contributed by atoms with Gasteiger partial charge in [-0.15, -0.1) is 0 Å². The lowest BCUT2D eigenvalue weighted by Crippen LogP contribution is -2.18. The van der Waals surface area contributed by atoms with Gasteiger partial charge in [0, 0.05) is 22.6 Å². The van der Waals surface area contributed by atoms with Crippen molar-refractivity contribution < 1.29 is 4.79 Å². The maximum absolute atomic E-state index is 12.2. The van der Waals surface area contributed by atoms with Crippen molar-refractivity contribution in [3.05, 3.63) is 52.3 Å². The van der Waals surface area contributed by atoms with Crippen LogP contribution >= 0.6 is 11.6 Å². The third-order valence-electron chi connectivity index (χ3n) is 2.87. The standard InChI is InChI=1S/C14H15ClN4O/c1-8-3-4-10(6-12(8)15)18-14(20)11-7-17-9(2)5-13(11)19-16/h3-7H,16H2,1-2H3,(H,17,19)(H,18,20). The molecule has 1 aromatic heterocycles. The number of hydrogen-bond donors (Lipinski definition) is 3. The molecule has 2 aromatic rings. The van der Waals surface area contributed by atoms with E-state index < -0.39 is 0 Å². The van der Waals surface area contributed by atoms with Gasteiger partial charge in [0.1, 0.15) is 0 Å². The number of aryl methyl sites for hydroxylation is 2. The number of pyridine rings is 1. The van der Waals surface area contributed by atoms with Gasteiger partial charge in [-0.1, -0.05) is 17.7 Å².